The minimum absolute atomic E-state index is 0.00713. The summed E-state index contributed by atoms with van der Waals surface area (Å²) in [5.74, 6) is -1.11. The van der Waals surface area contributed by atoms with Crippen LogP contribution in [0.4, 0.5) is 0 Å². The van der Waals surface area contributed by atoms with Crippen molar-refractivity contribution in [3.8, 4) is 0 Å². The first-order valence-electron chi connectivity index (χ1n) is 9.19. The number of carbonyl (C=O) groups is 2. The third-order valence-corrected chi connectivity index (χ3v) is 6.67. The monoisotopic (exact) mass is 399 g/mol. The van der Waals surface area contributed by atoms with E-state index in [4.69, 9.17) is 9.47 Å². The molecule has 0 atom stereocenters. The maximum atomic E-state index is 12.5. The van der Waals surface area contributed by atoms with Gasteiger partial charge < -0.3 is 19.8 Å². The number of nitrogens with zero attached hydrogens (tertiary/aromatic N) is 1. The van der Waals surface area contributed by atoms with E-state index in [2.05, 4.69) is 10.3 Å². The summed E-state index contributed by atoms with van der Waals surface area (Å²) in [4.78, 5) is 26.6. The normalized spacial score (nSPS) is 19.6. The SMILES string of the molecule is O=C(COC(=O)c1cc(S(=O)(=O)N2CCOCC2)c[nH]1)NC1CCCCC1. The number of nitrogens with one attached hydrogen (secondary N) is 2. The quantitative estimate of drug-likeness (QED) is 0.678. The fourth-order valence-corrected chi connectivity index (χ4v) is 4.70. The fraction of sp³-hybridized carbons (Fsp3) is 0.647. The van der Waals surface area contributed by atoms with Crippen LogP contribution in [-0.2, 0) is 24.3 Å². The zero-order valence-corrected chi connectivity index (χ0v) is 15.9. The molecule has 0 unspecified atom stereocenters. The number of esters is 1. The van der Waals surface area contributed by atoms with E-state index in [-0.39, 0.29) is 42.2 Å². The van der Waals surface area contributed by atoms with Crippen LogP contribution in [0.15, 0.2) is 17.2 Å². The lowest BCUT2D eigenvalue weighted by Crippen LogP contribution is -2.40. The van der Waals surface area contributed by atoms with E-state index < -0.39 is 16.0 Å². The number of sulfonamides is 1. The number of morpholine rings is 1. The minimum atomic E-state index is -3.69. The number of rotatable bonds is 6. The molecule has 1 aromatic heterocycles. The van der Waals surface area contributed by atoms with E-state index in [1.165, 1.54) is 23.0 Å². The summed E-state index contributed by atoms with van der Waals surface area (Å²) in [5, 5.41) is 2.86. The second kappa shape index (κ2) is 8.85. The predicted octanol–water partition coefficient (Wildman–Crippen LogP) is 0.641. The second-order valence-electron chi connectivity index (χ2n) is 6.74. The molecule has 10 heteroatoms. The number of amides is 1. The highest BCUT2D eigenvalue weighted by atomic mass is 32.2. The summed E-state index contributed by atoms with van der Waals surface area (Å²) in [6.45, 7) is 0.840. The highest BCUT2D eigenvalue weighted by molar-refractivity contribution is 7.89. The summed E-state index contributed by atoms with van der Waals surface area (Å²) in [6.07, 6.45) is 6.51. The standard InChI is InChI=1S/C17H25N3O6S/c21-16(19-13-4-2-1-3-5-13)12-26-17(22)15-10-14(11-18-15)27(23,24)20-6-8-25-9-7-20/h10-11,13,18H,1-9,12H2,(H,19,21). The van der Waals surface area contributed by atoms with Gasteiger partial charge >= 0.3 is 5.97 Å². The van der Waals surface area contributed by atoms with E-state index in [0.717, 1.165) is 25.7 Å². The van der Waals surface area contributed by atoms with Crippen molar-refractivity contribution in [2.75, 3.05) is 32.9 Å². The van der Waals surface area contributed by atoms with Gasteiger partial charge in [-0.3, -0.25) is 4.79 Å². The Morgan fingerprint density at radius 2 is 1.93 bits per heavy atom. The van der Waals surface area contributed by atoms with E-state index in [1.54, 1.807) is 0 Å². The molecule has 150 valence electrons. The molecule has 0 radical (unpaired) electrons. The maximum Gasteiger partial charge on any atom is 0.355 e. The highest BCUT2D eigenvalue weighted by Crippen LogP contribution is 2.19. The molecular formula is C17H25N3O6S. The molecule has 2 heterocycles. The number of hydrogen-bond acceptors (Lipinski definition) is 6. The summed E-state index contributed by atoms with van der Waals surface area (Å²) in [7, 11) is -3.69. The van der Waals surface area contributed by atoms with Crippen LogP contribution >= 0.6 is 0 Å². The van der Waals surface area contributed by atoms with Gasteiger partial charge in [-0.15, -0.1) is 0 Å². The van der Waals surface area contributed by atoms with Crippen molar-refractivity contribution >= 4 is 21.9 Å². The number of carbonyl (C=O) groups excluding carboxylic acids is 2. The molecule has 1 saturated heterocycles. The van der Waals surface area contributed by atoms with Crippen molar-refractivity contribution in [1.82, 2.24) is 14.6 Å². The number of aromatic amines is 1. The molecule has 1 saturated carbocycles. The van der Waals surface area contributed by atoms with Gasteiger partial charge in [0.25, 0.3) is 5.91 Å². The molecule has 3 rings (SSSR count). The molecule has 9 nitrogen and oxygen atoms in total. The zero-order chi connectivity index (χ0) is 19.3. The Morgan fingerprint density at radius 3 is 2.63 bits per heavy atom. The Kier molecular flexibility index (Phi) is 6.51. The van der Waals surface area contributed by atoms with Gasteiger partial charge in [-0.2, -0.15) is 4.31 Å². The van der Waals surface area contributed by atoms with Crippen LogP contribution in [0.25, 0.3) is 0 Å². The van der Waals surface area contributed by atoms with Crippen molar-refractivity contribution in [3.63, 3.8) is 0 Å². The van der Waals surface area contributed by atoms with E-state index >= 15 is 0 Å². The van der Waals surface area contributed by atoms with Crippen LogP contribution in [-0.4, -0.2) is 68.5 Å². The van der Waals surface area contributed by atoms with Gasteiger partial charge in [0.2, 0.25) is 10.0 Å². The molecule has 2 fully saturated rings. The van der Waals surface area contributed by atoms with Gasteiger partial charge in [-0.05, 0) is 18.9 Å². The Bertz CT molecular complexity index is 763. The summed E-state index contributed by atoms with van der Waals surface area (Å²) in [5.41, 5.74) is -0.00713. The molecule has 27 heavy (non-hydrogen) atoms. The summed E-state index contributed by atoms with van der Waals surface area (Å²) in [6, 6.07) is 1.37. The topological polar surface area (TPSA) is 118 Å². The van der Waals surface area contributed by atoms with Crippen LogP contribution in [0.1, 0.15) is 42.6 Å². The molecule has 1 amide bonds. The zero-order valence-electron chi connectivity index (χ0n) is 15.1. The third-order valence-electron chi connectivity index (χ3n) is 4.79. The lowest BCUT2D eigenvalue weighted by molar-refractivity contribution is -0.125. The van der Waals surface area contributed by atoms with Gasteiger partial charge in [0.15, 0.2) is 6.61 Å². The Hall–Kier alpha value is -1.91. The summed E-state index contributed by atoms with van der Waals surface area (Å²) < 4.78 is 36.6. The predicted molar refractivity (Wildman–Crippen MR) is 95.7 cm³/mol. The largest absolute Gasteiger partial charge is 0.451 e. The van der Waals surface area contributed by atoms with Crippen molar-refractivity contribution in [1.29, 1.82) is 0 Å². The van der Waals surface area contributed by atoms with Gasteiger partial charge in [0.1, 0.15) is 10.6 Å². The molecule has 0 aromatic carbocycles. The van der Waals surface area contributed by atoms with E-state index in [0.29, 0.717) is 13.2 Å². The third kappa shape index (κ3) is 5.08. The fourth-order valence-electron chi connectivity index (χ4n) is 3.30. The number of ether oxygens (including phenoxy) is 2. The second-order valence-corrected chi connectivity index (χ2v) is 8.68. The van der Waals surface area contributed by atoms with Crippen molar-refractivity contribution in [2.45, 2.75) is 43.0 Å². The molecule has 1 aliphatic heterocycles. The number of hydrogen-bond donors (Lipinski definition) is 2. The maximum absolute atomic E-state index is 12.5. The van der Waals surface area contributed by atoms with Crippen LogP contribution in [0.3, 0.4) is 0 Å². The van der Waals surface area contributed by atoms with E-state index in [9.17, 15) is 18.0 Å². The number of H-pyrrole nitrogens is 1. The first-order valence-corrected chi connectivity index (χ1v) is 10.6. The Balaban J connectivity index is 1.52. The summed E-state index contributed by atoms with van der Waals surface area (Å²) >= 11 is 0. The van der Waals surface area contributed by atoms with Crippen molar-refractivity contribution in [2.24, 2.45) is 0 Å². The number of aromatic nitrogens is 1. The average molecular weight is 399 g/mol. The molecule has 2 aliphatic rings. The first kappa shape index (κ1) is 19.8. The smallest absolute Gasteiger partial charge is 0.355 e. The Labute approximate surface area is 158 Å². The molecule has 1 aliphatic carbocycles. The van der Waals surface area contributed by atoms with Gasteiger partial charge in [0, 0.05) is 25.3 Å². The lowest BCUT2D eigenvalue weighted by Gasteiger charge is -2.25. The molecule has 0 spiro atoms. The Morgan fingerprint density at radius 1 is 1.22 bits per heavy atom. The van der Waals surface area contributed by atoms with Crippen LogP contribution in [0.5, 0.6) is 0 Å². The van der Waals surface area contributed by atoms with Gasteiger partial charge in [0.05, 0.1) is 13.2 Å². The molecular weight excluding hydrogens is 374 g/mol. The molecule has 1 aromatic rings. The van der Waals surface area contributed by atoms with Crippen molar-refractivity contribution < 1.29 is 27.5 Å². The van der Waals surface area contributed by atoms with Gasteiger partial charge in [-0.1, -0.05) is 19.3 Å². The van der Waals surface area contributed by atoms with Crippen LogP contribution in [0, 0.1) is 0 Å². The van der Waals surface area contributed by atoms with Crippen molar-refractivity contribution in [3.05, 3.63) is 18.0 Å². The van der Waals surface area contributed by atoms with Crippen LogP contribution < -0.4 is 5.32 Å². The average Bonchev–Trinajstić information content (AvgIpc) is 3.19. The molecule has 2 N–H and O–H groups in total. The highest BCUT2D eigenvalue weighted by Gasteiger charge is 2.28. The lowest BCUT2D eigenvalue weighted by atomic mass is 9.95. The molecule has 0 bridgehead atoms. The minimum Gasteiger partial charge on any atom is -0.451 e. The van der Waals surface area contributed by atoms with Crippen LogP contribution in [0.2, 0.25) is 0 Å². The van der Waals surface area contributed by atoms with Gasteiger partial charge in [-0.25, -0.2) is 13.2 Å². The first-order chi connectivity index (χ1) is 13.0. The van der Waals surface area contributed by atoms with E-state index in [1.807, 2.05) is 0 Å².